The van der Waals surface area contributed by atoms with Crippen molar-refractivity contribution in [1.29, 1.82) is 0 Å². The Morgan fingerprint density at radius 1 is 1.44 bits per heavy atom. The van der Waals surface area contributed by atoms with E-state index in [2.05, 4.69) is 19.2 Å². The van der Waals surface area contributed by atoms with Crippen molar-refractivity contribution in [1.82, 2.24) is 0 Å². The highest BCUT2D eigenvalue weighted by Crippen LogP contribution is 2.24. The number of hydrogen-bond acceptors (Lipinski definition) is 3. The van der Waals surface area contributed by atoms with Gasteiger partial charge in [0.25, 0.3) is 0 Å². The second kappa shape index (κ2) is 5.39. The minimum atomic E-state index is -0.995. The van der Waals surface area contributed by atoms with E-state index < -0.39 is 5.97 Å². The molecule has 0 aromatic heterocycles. The normalized spacial score (nSPS) is 10.4. The van der Waals surface area contributed by atoms with Crippen LogP contribution in [-0.2, 0) is 0 Å². The number of nitrogens with one attached hydrogen (secondary N) is 1. The van der Waals surface area contributed by atoms with Crippen LogP contribution in [0.1, 0.15) is 37.0 Å². The summed E-state index contributed by atoms with van der Waals surface area (Å²) in [5.74, 6) is -0.995. The largest absolute Gasteiger partial charge is 0.478 e. The quantitative estimate of drug-likeness (QED) is 0.669. The molecule has 1 aromatic rings. The maximum Gasteiger partial charge on any atom is 0.337 e. The lowest BCUT2D eigenvalue weighted by molar-refractivity contribution is 0.0698. The van der Waals surface area contributed by atoms with Crippen molar-refractivity contribution in [2.45, 2.75) is 32.7 Å². The average Bonchev–Trinajstić information content (AvgIpc) is 2.27. The molecule has 4 nitrogen and oxygen atoms in total. The van der Waals surface area contributed by atoms with Crippen LogP contribution in [0.15, 0.2) is 18.2 Å². The molecule has 0 aliphatic rings. The standard InChI is InChI=1S/C12H18N2O2/c1-3-8(4-2)14-10-7-5-6-9(11(10)13)12(15)16/h5-8,14H,3-4,13H2,1-2H3,(H,15,16). The summed E-state index contributed by atoms with van der Waals surface area (Å²) in [5, 5.41) is 12.2. The second-order valence-electron chi connectivity index (χ2n) is 3.73. The Labute approximate surface area is 95.5 Å². The first-order valence-electron chi connectivity index (χ1n) is 5.48. The zero-order valence-electron chi connectivity index (χ0n) is 9.66. The Hall–Kier alpha value is -1.71. The van der Waals surface area contributed by atoms with Gasteiger partial charge in [-0.3, -0.25) is 0 Å². The topological polar surface area (TPSA) is 75.3 Å². The number of hydrogen-bond donors (Lipinski definition) is 3. The average molecular weight is 222 g/mol. The molecule has 0 fully saturated rings. The molecule has 1 rings (SSSR count). The number of benzene rings is 1. The highest BCUT2D eigenvalue weighted by Gasteiger charge is 2.12. The molecular weight excluding hydrogens is 204 g/mol. The summed E-state index contributed by atoms with van der Waals surface area (Å²) in [4.78, 5) is 10.9. The summed E-state index contributed by atoms with van der Waals surface area (Å²) in [7, 11) is 0. The molecule has 88 valence electrons. The number of anilines is 2. The van der Waals surface area contributed by atoms with E-state index in [-0.39, 0.29) is 5.56 Å². The van der Waals surface area contributed by atoms with E-state index >= 15 is 0 Å². The van der Waals surface area contributed by atoms with Gasteiger partial charge in [-0.2, -0.15) is 0 Å². The lowest BCUT2D eigenvalue weighted by atomic mass is 10.1. The zero-order chi connectivity index (χ0) is 12.1. The van der Waals surface area contributed by atoms with Crippen LogP contribution in [0.25, 0.3) is 0 Å². The summed E-state index contributed by atoms with van der Waals surface area (Å²) >= 11 is 0. The third-order valence-corrected chi connectivity index (χ3v) is 2.68. The first-order chi connectivity index (χ1) is 7.60. The Morgan fingerprint density at radius 3 is 2.56 bits per heavy atom. The molecule has 1 aromatic carbocycles. The van der Waals surface area contributed by atoms with Gasteiger partial charge in [0.2, 0.25) is 0 Å². The van der Waals surface area contributed by atoms with E-state index in [1.54, 1.807) is 12.1 Å². The van der Waals surface area contributed by atoms with Gasteiger partial charge in [0.05, 0.1) is 16.9 Å². The number of aromatic carboxylic acids is 1. The number of carboxylic acid groups (broad SMARTS) is 1. The Balaban J connectivity index is 2.97. The fraction of sp³-hybridized carbons (Fsp3) is 0.417. The number of nitrogen functional groups attached to an aromatic ring is 1. The van der Waals surface area contributed by atoms with E-state index in [4.69, 9.17) is 10.8 Å². The summed E-state index contributed by atoms with van der Waals surface area (Å²) in [5.41, 5.74) is 6.96. The van der Waals surface area contributed by atoms with Crippen LogP contribution in [0.5, 0.6) is 0 Å². The van der Waals surface area contributed by atoms with Crippen molar-refractivity contribution in [2.75, 3.05) is 11.1 Å². The monoisotopic (exact) mass is 222 g/mol. The molecule has 4 N–H and O–H groups in total. The molecule has 0 amide bonds. The van der Waals surface area contributed by atoms with Crippen molar-refractivity contribution < 1.29 is 9.90 Å². The highest BCUT2D eigenvalue weighted by molar-refractivity contribution is 5.97. The predicted molar refractivity (Wildman–Crippen MR) is 65.8 cm³/mol. The molecule has 0 saturated heterocycles. The van der Waals surface area contributed by atoms with E-state index in [0.717, 1.165) is 12.8 Å². The molecule has 0 aliphatic carbocycles. The van der Waals surface area contributed by atoms with Gasteiger partial charge >= 0.3 is 5.97 Å². The van der Waals surface area contributed by atoms with Crippen molar-refractivity contribution in [3.8, 4) is 0 Å². The SMILES string of the molecule is CCC(CC)Nc1cccc(C(=O)O)c1N. The van der Waals surface area contributed by atoms with E-state index in [0.29, 0.717) is 17.4 Å². The third-order valence-electron chi connectivity index (χ3n) is 2.68. The summed E-state index contributed by atoms with van der Waals surface area (Å²) in [6.07, 6.45) is 1.96. The van der Waals surface area contributed by atoms with Crippen molar-refractivity contribution in [3.63, 3.8) is 0 Å². The summed E-state index contributed by atoms with van der Waals surface area (Å²) in [6, 6.07) is 5.34. The van der Waals surface area contributed by atoms with Crippen LogP contribution in [0.4, 0.5) is 11.4 Å². The summed E-state index contributed by atoms with van der Waals surface area (Å²) < 4.78 is 0. The maximum atomic E-state index is 10.9. The third kappa shape index (κ3) is 2.66. The predicted octanol–water partition coefficient (Wildman–Crippen LogP) is 2.57. The summed E-state index contributed by atoms with van der Waals surface area (Å²) in [6.45, 7) is 4.16. The Kier molecular flexibility index (Phi) is 4.17. The zero-order valence-corrected chi connectivity index (χ0v) is 9.66. The van der Waals surface area contributed by atoms with Gasteiger partial charge < -0.3 is 16.2 Å². The molecule has 0 aliphatic heterocycles. The fourth-order valence-electron chi connectivity index (χ4n) is 1.59. The number of para-hydroxylation sites is 1. The molecular formula is C12H18N2O2. The van der Waals surface area contributed by atoms with Crippen LogP contribution < -0.4 is 11.1 Å². The number of nitrogens with two attached hydrogens (primary N) is 1. The molecule has 4 heteroatoms. The molecule has 0 saturated carbocycles. The van der Waals surface area contributed by atoms with Crippen LogP contribution in [0.2, 0.25) is 0 Å². The fourth-order valence-corrected chi connectivity index (χ4v) is 1.59. The Morgan fingerprint density at radius 2 is 2.06 bits per heavy atom. The highest BCUT2D eigenvalue weighted by atomic mass is 16.4. The van der Waals surface area contributed by atoms with Crippen LogP contribution in [0, 0.1) is 0 Å². The van der Waals surface area contributed by atoms with Gasteiger partial charge in [-0.15, -0.1) is 0 Å². The van der Waals surface area contributed by atoms with Gasteiger partial charge in [-0.1, -0.05) is 19.9 Å². The number of carboxylic acids is 1. The van der Waals surface area contributed by atoms with E-state index in [9.17, 15) is 4.79 Å². The lowest BCUT2D eigenvalue weighted by Crippen LogP contribution is -2.18. The van der Waals surface area contributed by atoms with Crippen LogP contribution in [0.3, 0.4) is 0 Å². The second-order valence-corrected chi connectivity index (χ2v) is 3.73. The first kappa shape index (κ1) is 12.4. The van der Waals surface area contributed by atoms with Crippen molar-refractivity contribution in [3.05, 3.63) is 23.8 Å². The minimum absolute atomic E-state index is 0.149. The molecule has 0 atom stereocenters. The van der Waals surface area contributed by atoms with Crippen LogP contribution in [-0.4, -0.2) is 17.1 Å². The number of carbonyl (C=O) groups is 1. The van der Waals surface area contributed by atoms with Gasteiger partial charge in [-0.25, -0.2) is 4.79 Å². The lowest BCUT2D eigenvalue weighted by Gasteiger charge is -2.18. The molecule has 0 radical (unpaired) electrons. The molecule has 16 heavy (non-hydrogen) atoms. The van der Waals surface area contributed by atoms with Crippen LogP contribution >= 0.6 is 0 Å². The van der Waals surface area contributed by atoms with Crippen molar-refractivity contribution >= 4 is 17.3 Å². The maximum absolute atomic E-state index is 10.9. The first-order valence-corrected chi connectivity index (χ1v) is 5.48. The van der Waals surface area contributed by atoms with E-state index in [1.807, 2.05) is 0 Å². The molecule has 0 heterocycles. The van der Waals surface area contributed by atoms with Gasteiger partial charge in [0.15, 0.2) is 0 Å². The van der Waals surface area contributed by atoms with Gasteiger partial charge in [0.1, 0.15) is 0 Å². The Bertz CT molecular complexity index is 373. The van der Waals surface area contributed by atoms with E-state index in [1.165, 1.54) is 6.07 Å². The van der Waals surface area contributed by atoms with Crippen molar-refractivity contribution in [2.24, 2.45) is 0 Å². The number of rotatable bonds is 5. The molecule has 0 bridgehead atoms. The molecule has 0 unspecified atom stereocenters. The minimum Gasteiger partial charge on any atom is -0.478 e. The van der Waals surface area contributed by atoms with Gasteiger partial charge in [0, 0.05) is 6.04 Å². The molecule has 0 spiro atoms. The van der Waals surface area contributed by atoms with Gasteiger partial charge in [-0.05, 0) is 25.0 Å². The smallest absolute Gasteiger partial charge is 0.337 e.